The lowest BCUT2D eigenvalue weighted by atomic mass is 9.94. The van der Waals surface area contributed by atoms with Gasteiger partial charge in [-0.25, -0.2) is 0 Å². The zero-order valence-corrected chi connectivity index (χ0v) is 14.0. The third-order valence-corrected chi connectivity index (χ3v) is 4.98. The van der Waals surface area contributed by atoms with E-state index in [0.717, 1.165) is 35.9 Å². The molecule has 1 fully saturated rings. The predicted octanol–water partition coefficient (Wildman–Crippen LogP) is 3.49. The molecule has 5 nitrogen and oxygen atoms in total. The highest BCUT2D eigenvalue weighted by molar-refractivity contribution is 5.96. The lowest BCUT2D eigenvalue weighted by Crippen LogP contribution is -2.39. The Morgan fingerprint density at radius 1 is 1.33 bits per heavy atom. The Labute approximate surface area is 140 Å². The van der Waals surface area contributed by atoms with Crippen molar-refractivity contribution < 1.29 is 9.21 Å². The highest BCUT2D eigenvalue weighted by Crippen LogP contribution is 2.29. The lowest BCUT2D eigenvalue weighted by Gasteiger charge is -2.32. The van der Waals surface area contributed by atoms with Gasteiger partial charge in [-0.15, -0.1) is 0 Å². The quantitative estimate of drug-likeness (QED) is 0.725. The fourth-order valence-electron chi connectivity index (χ4n) is 3.66. The molecule has 1 saturated heterocycles. The summed E-state index contributed by atoms with van der Waals surface area (Å²) in [6.45, 7) is 3.53. The molecule has 1 aliphatic rings. The Bertz CT molecular complexity index is 893. The number of fused-ring (bicyclic) bond motifs is 1. The Kier molecular flexibility index (Phi) is 3.63. The molecule has 1 amide bonds. The number of carbonyl (C=O) groups is 1. The Morgan fingerprint density at radius 3 is 2.96 bits per heavy atom. The van der Waals surface area contributed by atoms with Crippen molar-refractivity contribution in [2.45, 2.75) is 25.7 Å². The number of likely N-dealkylation sites (tertiary alicyclic amines) is 1. The number of carbonyl (C=O) groups excluding carboxylic acids is 1. The summed E-state index contributed by atoms with van der Waals surface area (Å²) in [5.41, 5.74) is 3.09. The normalized spacial score (nSPS) is 18.2. The maximum absolute atomic E-state index is 12.9. The second kappa shape index (κ2) is 5.82. The van der Waals surface area contributed by atoms with Gasteiger partial charge in [-0.2, -0.15) is 5.10 Å². The summed E-state index contributed by atoms with van der Waals surface area (Å²) in [6.07, 6.45) is 3.90. The standard InChI is InChI=1S/C19H21N3O2/c1-13-5-3-7-17-15(13)11-18(24-17)19(23)22-10-4-6-14(12-22)16-8-9-20-21(16)2/h3,5,7-9,11,14H,4,6,10,12H2,1-2H3. The number of aromatic nitrogens is 2. The van der Waals surface area contributed by atoms with Gasteiger partial charge in [0.25, 0.3) is 5.91 Å². The predicted molar refractivity (Wildman–Crippen MR) is 92.0 cm³/mol. The van der Waals surface area contributed by atoms with Crippen LogP contribution in [0.4, 0.5) is 0 Å². The topological polar surface area (TPSA) is 51.3 Å². The van der Waals surface area contributed by atoms with Crippen molar-refractivity contribution in [3.8, 4) is 0 Å². The van der Waals surface area contributed by atoms with Crippen molar-refractivity contribution in [2.75, 3.05) is 13.1 Å². The van der Waals surface area contributed by atoms with Crippen LogP contribution in [0.25, 0.3) is 11.0 Å². The first-order valence-electron chi connectivity index (χ1n) is 8.40. The van der Waals surface area contributed by atoms with Crippen LogP contribution >= 0.6 is 0 Å². The van der Waals surface area contributed by atoms with Crippen LogP contribution in [0.2, 0.25) is 0 Å². The van der Waals surface area contributed by atoms with E-state index in [4.69, 9.17) is 4.42 Å². The van der Waals surface area contributed by atoms with Crippen molar-refractivity contribution in [3.63, 3.8) is 0 Å². The van der Waals surface area contributed by atoms with E-state index in [0.29, 0.717) is 18.2 Å². The van der Waals surface area contributed by atoms with Gasteiger partial charge in [-0.3, -0.25) is 9.48 Å². The molecular formula is C19H21N3O2. The Hall–Kier alpha value is -2.56. The molecule has 2 aromatic heterocycles. The number of aryl methyl sites for hydroxylation is 2. The fourth-order valence-corrected chi connectivity index (χ4v) is 3.66. The summed E-state index contributed by atoms with van der Waals surface area (Å²) in [5.74, 6) is 0.753. The molecule has 5 heteroatoms. The van der Waals surface area contributed by atoms with Gasteiger partial charge in [0.1, 0.15) is 5.58 Å². The summed E-state index contributed by atoms with van der Waals surface area (Å²) in [5, 5.41) is 5.27. The van der Waals surface area contributed by atoms with Crippen molar-refractivity contribution >= 4 is 16.9 Å². The minimum atomic E-state index is -0.0162. The van der Waals surface area contributed by atoms with Crippen LogP contribution in [-0.4, -0.2) is 33.7 Å². The van der Waals surface area contributed by atoms with Crippen LogP contribution in [0.1, 0.15) is 40.6 Å². The third-order valence-electron chi connectivity index (χ3n) is 4.98. The van der Waals surface area contributed by atoms with E-state index >= 15 is 0 Å². The lowest BCUT2D eigenvalue weighted by molar-refractivity contribution is 0.0675. The summed E-state index contributed by atoms with van der Waals surface area (Å²) in [6, 6.07) is 9.82. The minimum absolute atomic E-state index is 0.0162. The second-order valence-electron chi connectivity index (χ2n) is 6.57. The van der Waals surface area contributed by atoms with Crippen LogP contribution in [0.3, 0.4) is 0 Å². The highest BCUT2D eigenvalue weighted by Gasteiger charge is 2.28. The average molecular weight is 323 g/mol. The first-order valence-corrected chi connectivity index (χ1v) is 8.40. The molecule has 0 saturated carbocycles. The van der Waals surface area contributed by atoms with Gasteiger partial charge in [-0.1, -0.05) is 12.1 Å². The zero-order valence-electron chi connectivity index (χ0n) is 14.0. The van der Waals surface area contributed by atoms with Gasteiger partial charge >= 0.3 is 0 Å². The monoisotopic (exact) mass is 323 g/mol. The maximum Gasteiger partial charge on any atom is 0.289 e. The molecule has 1 unspecified atom stereocenters. The largest absolute Gasteiger partial charge is 0.451 e. The molecule has 3 aromatic rings. The Morgan fingerprint density at radius 2 is 2.21 bits per heavy atom. The molecule has 0 radical (unpaired) electrons. The van der Waals surface area contributed by atoms with E-state index < -0.39 is 0 Å². The summed E-state index contributed by atoms with van der Waals surface area (Å²) in [7, 11) is 1.96. The SMILES string of the molecule is Cc1cccc2oc(C(=O)N3CCCC(c4ccnn4C)C3)cc12. The van der Waals surface area contributed by atoms with Crippen LogP contribution < -0.4 is 0 Å². The molecule has 3 heterocycles. The van der Waals surface area contributed by atoms with Crippen molar-refractivity contribution in [2.24, 2.45) is 7.05 Å². The van der Waals surface area contributed by atoms with Crippen molar-refractivity contribution in [1.29, 1.82) is 0 Å². The van der Waals surface area contributed by atoms with Gasteiger partial charge < -0.3 is 9.32 Å². The first-order chi connectivity index (χ1) is 11.6. The third kappa shape index (κ3) is 2.50. The summed E-state index contributed by atoms with van der Waals surface area (Å²) >= 11 is 0. The number of hydrogen-bond donors (Lipinski definition) is 0. The smallest absolute Gasteiger partial charge is 0.289 e. The van der Waals surface area contributed by atoms with Gasteiger partial charge in [0.2, 0.25) is 0 Å². The van der Waals surface area contributed by atoms with E-state index in [1.807, 2.05) is 60.1 Å². The van der Waals surface area contributed by atoms with Crippen LogP contribution in [0.15, 0.2) is 40.9 Å². The van der Waals surface area contributed by atoms with E-state index in [9.17, 15) is 4.79 Å². The molecule has 0 N–H and O–H groups in total. The number of rotatable bonds is 2. The molecule has 0 spiro atoms. The van der Waals surface area contributed by atoms with Crippen LogP contribution in [0, 0.1) is 6.92 Å². The number of benzene rings is 1. The molecular weight excluding hydrogens is 302 g/mol. The van der Waals surface area contributed by atoms with E-state index in [1.165, 1.54) is 5.69 Å². The molecule has 1 atom stereocenters. The van der Waals surface area contributed by atoms with Gasteiger partial charge in [0.15, 0.2) is 5.76 Å². The van der Waals surface area contributed by atoms with Crippen molar-refractivity contribution in [3.05, 3.63) is 53.5 Å². The summed E-state index contributed by atoms with van der Waals surface area (Å²) < 4.78 is 7.71. The number of hydrogen-bond acceptors (Lipinski definition) is 3. The maximum atomic E-state index is 12.9. The highest BCUT2D eigenvalue weighted by atomic mass is 16.3. The summed E-state index contributed by atoms with van der Waals surface area (Å²) in [4.78, 5) is 14.8. The number of piperidine rings is 1. The van der Waals surface area contributed by atoms with Gasteiger partial charge in [-0.05, 0) is 43.5 Å². The number of furan rings is 1. The fraction of sp³-hybridized carbons (Fsp3) is 0.368. The van der Waals surface area contributed by atoms with Crippen molar-refractivity contribution in [1.82, 2.24) is 14.7 Å². The Balaban J connectivity index is 1.59. The van der Waals surface area contributed by atoms with Crippen LogP contribution in [0.5, 0.6) is 0 Å². The van der Waals surface area contributed by atoms with E-state index in [2.05, 4.69) is 5.10 Å². The zero-order chi connectivity index (χ0) is 16.7. The molecule has 1 aromatic carbocycles. The second-order valence-corrected chi connectivity index (χ2v) is 6.57. The number of amides is 1. The molecule has 24 heavy (non-hydrogen) atoms. The molecule has 1 aliphatic heterocycles. The van der Waals surface area contributed by atoms with Gasteiger partial charge in [0.05, 0.1) is 0 Å². The average Bonchev–Trinajstić information content (AvgIpc) is 3.21. The molecule has 0 bridgehead atoms. The molecule has 4 rings (SSSR count). The van der Waals surface area contributed by atoms with E-state index in [1.54, 1.807) is 0 Å². The number of nitrogens with zero attached hydrogens (tertiary/aromatic N) is 3. The van der Waals surface area contributed by atoms with Crippen LogP contribution in [-0.2, 0) is 7.05 Å². The van der Waals surface area contributed by atoms with Gasteiger partial charge in [0, 0.05) is 43.3 Å². The van der Waals surface area contributed by atoms with E-state index in [-0.39, 0.29) is 5.91 Å². The minimum Gasteiger partial charge on any atom is -0.451 e. The first kappa shape index (κ1) is 15.0. The molecule has 0 aliphatic carbocycles. The molecule has 124 valence electrons.